The lowest BCUT2D eigenvalue weighted by Gasteiger charge is -2.33. The number of likely N-dealkylation sites (tertiary alicyclic amines) is 1. The van der Waals surface area contributed by atoms with E-state index in [9.17, 15) is 9.59 Å². The molecule has 2 saturated heterocycles. The fraction of sp³-hybridized carbons (Fsp3) is 0.600. The van der Waals surface area contributed by atoms with Crippen LogP contribution in [0.25, 0.3) is 0 Å². The molecule has 0 radical (unpaired) electrons. The second-order valence-electron chi connectivity index (χ2n) is 7.09. The maximum absolute atomic E-state index is 13.2. The van der Waals surface area contributed by atoms with Gasteiger partial charge in [-0.2, -0.15) is 0 Å². The molecular weight excluding hydrogens is 316 g/mol. The highest BCUT2D eigenvalue weighted by Gasteiger charge is 2.30. The Morgan fingerprint density at radius 2 is 2.12 bits per heavy atom. The topological polar surface area (TPSA) is 49.9 Å². The lowest BCUT2D eigenvalue weighted by molar-refractivity contribution is -0.117. The van der Waals surface area contributed by atoms with Crippen molar-refractivity contribution < 1.29 is 14.3 Å². The summed E-state index contributed by atoms with van der Waals surface area (Å²) >= 11 is 0. The first-order valence-electron chi connectivity index (χ1n) is 9.38. The van der Waals surface area contributed by atoms with Crippen LogP contribution in [0.1, 0.15) is 48.5 Å². The molecule has 2 fully saturated rings. The third-order valence-corrected chi connectivity index (χ3v) is 5.11. The minimum atomic E-state index is 0.0413. The van der Waals surface area contributed by atoms with Gasteiger partial charge in [0.25, 0.3) is 5.91 Å². The maximum Gasteiger partial charge on any atom is 0.255 e. The van der Waals surface area contributed by atoms with Crippen LogP contribution in [0.4, 0.5) is 5.69 Å². The van der Waals surface area contributed by atoms with Crippen molar-refractivity contribution in [3.8, 4) is 0 Å². The number of carbonyl (C=O) groups is 2. The lowest BCUT2D eigenvalue weighted by Crippen LogP contribution is -2.42. The maximum atomic E-state index is 13.2. The molecule has 0 unspecified atom stereocenters. The van der Waals surface area contributed by atoms with Crippen molar-refractivity contribution in [2.75, 3.05) is 37.7 Å². The number of ether oxygens (including phenoxy) is 1. The zero-order valence-corrected chi connectivity index (χ0v) is 15.3. The Bertz CT molecular complexity index is 644. The van der Waals surface area contributed by atoms with E-state index in [-0.39, 0.29) is 11.8 Å². The summed E-state index contributed by atoms with van der Waals surface area (Å²) in [6.07, 6.45) is 3.55. The summed E-state index contributed by atoms with van der Waals surface area (Å²) in [5.74, 6) is 0.560. The summed E-state index contributed by atoms with van der Waals surface area (Å²) in [7, 11) is 0. The Kier molecular flexibility index (Phi) is 5.74. The van der Waals surface area contributed by atoms with Crippen molar-refractivity contribution in [3.05, 3.63) is 29.3 Å². The van der Waals surface area contributed by atoms with Gasteiger partial charge in [0.05, 0.1) is 17.9 Å². The Balaban J connectivity index is 1.81. The van der Waals surface area contributed by atoms with Gasteiger partial charge < -0.3 is 14.5 Å². The van der Waals surface area contributed by atoms with E-state index in [1.807, 2.05) is 36.9 Å². The molecule has 0 N–H and O–H groups in total. The normalized spacial score (nSPS) is 21.0. The Hall–Kier alpha value is -1.88. The van der Waals surface area contributed by atoms with E-state index in [1.165, 1.54) is 0 Å². The van der Waals surface area contributed by atoms with Crippen molar-refractivity contribution >= 4 is 17.5 Å². The first-order chi connectivity index (χ1) is 12.1. The summed E-state index contributed by atoms with van der Waals surface area (Å²) in [4.78, 5) is 29.1. The van der Waals surface area contributed by atoms with Gasteiger partial charge in [-0.15, -0.1) is 0 Å². The van der Waals surface area contributed by atoms with Gasteiger partial charge >= 0.3 is 0 Å². The van der Waals surface area contributed by atoms with Crippen LogP contribution >= 0.6 is 0 Å². The molecular formula is C20H28N2O3. The zero-order valence-electron chi connectivity index (χ0n) is 15.3. The molecule has 0 aromatic heterocycles. The number of benzene rings is 1. The van der Waals surface area contributed by atoms with E-state index in [1.54, 1.807) is 4.90 Å². The number of aryl methyl sites for hydroxylation is 1. The molecule has 2 aliphatic heterocycles. The van der Waals surface area contributed by atoms with Crippen molar-refractivity contribution in [3.63, 3.8) is 0 Å². The van der Waals surface area contributed by atoms with Gasteiger partial charge in [-0.3, -0.25) is 9.59 Å². The van der Waals surface area contributed by atoms with Crippen LogP contribution < -0.4 is 4.90 Å². The number of piperidine rings is 1. The van der Waals surface area contributed by atoms with Crippen LogP contribution in [0.5, 0.6) is 0 Å². The highest BCUT2D eigenvalue weighted by molar-refractivity contribution is 6.05. The highest BCUT2D eigenvalue weighted by Crippen LogP contribution is 2.29. The molecule has 0 aliphatic carbocycles. The van der Waals surface area contributed by atoms with Crippen LogP contribution in [-0.2, 0) is 9.53 Å². The van der Waals surface area contributed by atoms with E-state index in [4.69, 9.17) is 4.74 Å². The predicted molar refractivity (Wildman–Crippen MR) is 97.9 cm³/mol. The molecule has 2 aliphatic rings. The van der Waals surface area contributed by atoms with Gasteiger partial charge in [0, 0.05) is 32.7 Å². The molecule has 136 valence electrons. The van der Waals surface area contributed by atoms with E-state index < -0.39 is 0 Å². The Labute approximate surface area is 149 Å². The van der Waals surface area contributed by atoms with Crippen LogP contribution in [0.2, 0.25) is 0 Å². The number of hydrogen-bond donors (Lipinski definition) is 0. The predicted octanol–water partition coefficient (Wildman–Crippen LogP) is 3.01. The average Bonchev–Trinajstić information content (AvgIpc) is 3.05. The Morgan fingerprint density at radius 1 is 1.28 bits per heavy atom. The summed E-state index contributed by atoms with van der Waals surface area (Å²) in [6.45, 7) is 7.63. The standard InChI is InChI=1S/C20H28N2O3/c1-3-25-14-16-6-4-10-21(13-16)20(24)17-12-15(2)8-9-18(17)22-11-5-7-19(22)23/h8-9,12,16H,3-7,10-11,13-14H2,1-2H3/t16-/m1/s1. The van der Waals surface area contributed by atoms with Gasteiger partial charge in [-0.05, 0) is 51.2 Å². The van der Waals surface area contributed by atoms with Crippen LogP contribution in [0, 0.1) is 12.8 Å². The van der Waals surface area contributed by atoms with Crippen LogP contribution in [0.15, 0.2) is 18.2 Å². The second kappa shape index (κ2) is 8.00. The molecule has 0 saturated carbocycles. The molecule has 2 amide bonds. The first-order valence-corrected chi connectivity index (χ1v) is 9.38. The fourth-order valence-corrected chi connectivity index (χ4v) is 3.80. The quantitative estimate of drug-likeness (QED) is 0.825. The number of rotatable bonds is 5. The summed E-state index contributed by atoms with van der Waals surface area (Å²) in [5.41, 5.74) is 2.47. The molecule has 1 aromatic carbocycles. The molecule has 3 rings (SSSR count). The van der Waals surface area contributed by atoms with Gasteiger partial charge in [-0.1, -0.05) is 11.6 Å². The second-order valence-corrected chi connectivity index (χ2v) is 7.09. The smallest absolute Gasteiger partial charge is 0.255 e. The largest absolute Gasteiger partial charge is 0.381 e. The van der Waals surface area contributed by atoms with Gasteiger partial charge in [0.2, 0.25) is 5.91 Å². The SMILES string of the molecule is CCOC[C@@H]1CCCN(C(=O)c2cc(C)ccc2N2CCCC2=O)C1. The minimum Gasteiger partial charge on any atom is -0.381 e. The molecule has 1 atom stereocenters. The van der Waals surface area contributed by atoms with Gasteiger partial charge in [0.15, 0.2) is 0 Å². The number of nitrogens with zero attached hydrogens (tertiary/aromatic N) is 2. The van der Waals surface area contributed by atoms with Gasteiger partial charge in [0.1, 0.15) is 0 Å². The van der Waals surface area contributed by atoms with Crippen LogP contribution in [-0.4, -0.2) is 49.6 Å². The molecule has 5 nitrogen and oxygen atoms in total. The molecule has 5 heteroatoms. The number of amides is 2. The van der Waals surface area contributed by atoms with Gasteiger partial charge in [-0.25, -0.2) is 0 Å². The van der Waals surface area contributed by atoms with Crippen molar-refractivity contribution in [2.24, 2.45) is 5.92 Å². The van der Waals surface area contributed by atoms with Crippen molar-refractivity contribution in [2.45, 2.75) is 39.5 Å². The average molecular weight is 344 g/mol. The number of hydrogen-bond acceptors (Lipinski definition) is 3. The summed E-state index contributed by atoms with van der Waals surface area (Å²) < 4.78 is 5.55. The summed E-state index contributed by atoms with van der Waals surface area (Å²) in [5, 5.41) is 0. The lowest BCUT2D eigenvalue weighted by atomic mass is 9.97. The molecule has 0 spiro atoms. The Morgan fingerprint density at radius 3 is 2.84 bits per heavy atom. The van der Waals surface area contributed by atoms with E-state index in [2.05, 4.69) is 0 Å². The van der Waals surface area contributed by atoms with Crippen molar-refractivity contribution in [1.82, 2.24) is 4.90 Å². The third-order valence-electron chi connectivity index (χ3n) is 5.11. The van der Waals surface area contributed by atoms with Crippen LogP contribution in [0.3, 0.4) is 0 Å². The minimum absolute atomic E-state index is 0.0413. The third kappa shape index (κ3) is 4.03. The molecule has 1 aromatic rings. The fourth-order valence-electron chi connectivity index (χ4n) is 3.80. The first kappa shape index (κ1) is 17.9. The number of carbonyl (C=O) groups excluding carboxylic acids is 2. The number of anilines is 1. The monoisotopic (exact) mass is 344 g/mol. The molecule has 25 heavy (non-hydrogen) atoms. The van der Waals surface area contributed by atoms with Crippen molar-refractivity contribution in [1.29, 1.82) is 0 Å². The highest BCUT2D eigenvalue weighted by atomic mass is 16.5. The van der Waals surface area contributed by atoms with E-state index in [0.717, 1.165) is 43.6 Å². The van der Waals surface area contributed by atoms with E-state index in [0.29, 0.717) is 37.7 Å². The summed E-state index contributed by atoms with van der Waals surface area (Å²) in [6, 6.07) is 5.83. The molecule has 2 heterocycles. The zero-order chi connectivity index (χ0) is 17.8. The molecule has 0 bridgehead atoms. The van der Waals surface area contributed by atoms with E-state index >= 15 is 0 Å².